The number of aliphatic hydroxyl groups excluding tert-OH is 2. The predicted octanol–water partition coefficient (Wildman–Crippen LogP) is 2.61. The molecule has 0 fully saturated rings. The fourth-order valence-corrected chi connectivity index (χ4v) is 3.30. The second kappa shape index (κ2) is 8.10. The average molecular weight is 406 g/mol. The van der Waals surface area contributed by atoms with Crippen molar-refractivity contribution in [1.29, 1.82) is 0 Å². The van der Waals surface area contributed by atoms with Crippen molar-refractivity contribution in [2.75, 3.05) is 13.2 Å². The van der Waals surface area contributed by atoms with Crippen molar-refractivity contribution in [3.8, 4) is 0 Å². The highest BCUT2D eigenvalue weighted by Crippen LogP contribution is 2.23. The standard InChI is InChI=1S/C20H17ClFNO5/c21-16-3-1-2-12(18(16)22)6-11-4-5-17-14(7-11)19(26)15(20(27)28)8-23(17)13(9-24)10-25/h1-5,7-8,13,24-25H,6,9-10H2,(H,27,28). The van der Waals surface area contributed by atoms with Crippen molar-refractivity contribution < 1.29 is 24.5 Å². The van der Waals surface area contributed by atoms with Gasteiger partial charge in [-0.15, -0.1) is 0 Å². The van der Waals surface area contributed by atoms with Gasteiger partial charge in [0.05, 0.1) is 29.8 Å². The first-order chi connectivity index (χ1) is 13.4. The van der Waals surface area contributed by atoms with Crippen molar-refractivity contribution >= 4 is 28.5 Å². The van der Waals surface area contributed by atoms with E-state index in [9.17, 15) is 29.3 Å². The van der Waals surface area contributed by atoms with E-state index in [2.05, 4.69) is 0 Å². The van der Waals surface area contributed by atoms with Gasteiger partial charge in [-0.3, -0.25) is 4.79 Å². The van der Waals surface area contributed by atoms with Crippen LogP contribution in [0.25, 0.3) is 10.9 Å². The molecule has 0 aliphatic rings. The van der Waals surface area contributed by atoms with E-state index in [-0.39, 0.29) is 16.8 Å². The molecular weight excluding hydrogens is 389 g/mol. The predicted molar refractivity (Wildman–Crippen MR) is 103 cm³/mol. The van der Waals surface area contributed by atoms with Crippen LogP contribution in [-0.2, 0) is 6.42 Å². The highest BCUT2D eigenvalue weighted by Gasteiger charge is 2.19. The summed E-state index contributed by atoms with van der Waals surface area (Å²) in [5.74, 6) is -1.97. The minimum Gasteiger partial charge on any atom is -0.477 e. The molecule has 2 aromatic carbocycles. The van der Waals surface area contributed by atoms with Gasteiger partial charge in [-0.2, -0.15) is 0 Å². The molecule has 8 heteroatoms. The van der Waals surface area contributed by atoms with E-state index in [1.807, 2.05) is 0 Å². The molecule has 0 atom stereocenters. The van der Waals surface area contributed by atoms with Crippen LogP contribution in [0.4, 0.5) is 4.39 Å². The number of aromatic nitrogens is 1. The number of carbonyl (C=O) groups is 1. The van der Waals surface area contributed by atoms with Gasteiger partial charge in [0.1, 0.15) is 11.4 Å². The fraction of sp³-hybridized carbons (Fsp3) is 0.200. The largest absolute Gasteiger partial charge is 0.477 e. The molecule has 0 saturated heterocycles. The molecule has 0 saturated carbocycles. The zero-order chi connectivity index (χ0) is 20.4. The van der Waals surface area contributed by atoms with Crippen molar-refractivity contribution in [2.45, 2.75) is 12.5 Å². The molecule has 3 aromatic rings. The summed E-state index contributed by atoms with van der Waals surface area (Å²) in [5, 5.41) is 28.4. The Morgan fingerprint density at radius 3 is 2.54 bits per heavy atom. The van der Waals surface area contributed by atoms with E-state index in [1.165, 1.54) is 16.7 Å². The lowest BCUT2D eigenvalue weighted by atomic mass is 10.0. The van der Waals surface area contributed by atoms with Crippen LogP contribution in [0, 0.1) is 5.82 Å². The molecule has 0 unspecified atom stereocenters. The van der Waals surface area contributed by atoms with E-state index in [4.69, 9.17) is 11.6 Å². The van der Waals surface area contributed by atoms with Crippen molar-refractivity contribution in [3.05, 3.63) is 80.3 Å². The normalized spacial score (nSPS) is 11.3. The van der Waals surface area contributed by atoms with Gasteiger partial charge in [-0.05, 0) is 29.3 Å². The minimum absolute atomic E-state index is 0.0115. The van der Waals surface area contributed by atoms with Crippen LogP contribution in [0.3, 0.4) is 0 Å². The van der Waals surface area contributed by atoms with Gasteiger partial charge in [0.2, 0.25) is 5.43 Å². The number of aliphatic hydroxyl groups is 2. The van der Waals surface area contributed by atoms with Crippen LogP contribution in [-0.4, -0.2) is 39.1 Å². The maximum absolute atomic E-state index is 14.2. The number of aromatic carboxylic acids is 1. The Hall–Kier alpha value is -2.74. The number of rotatable bonds is 6. The number of fused-ring (bicyclic) bond motifs is 1. The second-order valence-corrected chi connectivity index (χ2v) is 6.75. The molecule has 0 aliphatic carbocycles. The van der Waals surface area contributed by atoms with Crippen molar-refractivity contribution in [3.63, 3.8) is 0 Å². The molecule has 28 heavy (non-hydrogen) atoms. The first-order valence-corrected chi connectivity index (χ1v) is 8.80. The Kier molecular flexibility index (Phi) is 5.79. The van der Waals surface area contributed by atoms with Gasteiger partial charge >= 0.3 is 5.97 Å². The smallest absolute Gasteiger partial charge is 0.341 e. The minimum atomic E-state index is -1.42. The van der Waals surface area contributed by atoms with Gasteiger partial charge in [0.25, 0.3) is 0 Å². The number of pyridine rings is 1. The van der Waals surface area contributed by atoms with Gasteiger partial charge in [0.15, 0.2) is 0 Å². The fourth-order valence-electron chi connectivity index (χ4n) is 3.11. The van der Waals surface area contributed by atoms with Crippen LogP contribution >= 0.6 is 11.6 Å². The van der Waals surface area contributed by atoms with Crippen LogP contribution < -0.4 is 5.43 Å². The number of carboxylic acids is 1. The number of nitrogens with zero attached hydrogens (tertiary/aromatic N) is 1. The van der Waals surface area contributed by atoms with Crippen LogP contribution in [0.2, 0.25) is 5.02 Å². The summed E-state index contributed by atoms with van der Waals surface area (Å²) in [6.45, 7) is -0.883. The molecule has 0 bridgehead atoms. The molecule has 1 heterocycles. The third kappa shape index (κ3) is 3.64. The van der Waals surface area contributed by atoms with Crippen LogP contribution in [0.1, 0.15) is 27.5 Å². The van der Waals surface area contributed by atoms with Crippen LogP contribution in [0.15, 0.2) is 47.4 Å². The number of hydrogen-bond acceptors (Lipinski definition) is 4. The maximum atomic E-state index is 14.2. The highest BCUT2D eigenvalue weighted by atomic mass is 35.5. The number of benzene rings is 2. The summed E-state index contributed by atoms with van der Waals surface area (Å²) in [5.41, 5.74) is 0.111. The maximum Gasteiger partial charge on any atom is 0.341 e. The molecule has 6 nitrogen and oxygen atoms in total. The van der Waals surface area contributed by atoms with E-state index in [1.54, 1.807) is 24.3 Å². The number of hydrogen-bond donors (Lipinski definition) is 3. The zero-order valence-electron chi connectivity index (χ0n) is 14.6. The molecule has 1 aromatic heterocycles. The molecular formula is C20H17ClFNO5. The molecule has 0 radical (unpaired) electrons. The topological polar surface area (TPSA) is 99.8 Å². The second-order valence-electron chi connectivity index (χ2n) is 6.34. The number of carboxylic acid groups (broad SMARTS) is 1. The van der Waals surface area contributed by atoms with E-state index >= 15 is 0 Å². The third-order valence-corrected chi connectivity index (χ3v) is 4.86. The van der Waals surface area contributed by atoms with Crippen molar-refractivity contribution in [1.82, 2.24) is 4.57 Å². The molecule has 0 amide bonds. The summed E-state index contributed by atoms with van der Waals surface area (Å²) in [6, 6.07) is 8.56. The van der Waals surface area contributed by atoms with E-state index < -0.39 is 42.0 Å². The zero-order valence-corrected chi connectivity index (χ0v) is 15.4. The Morgan fingerprint density at radius 2 is 1.89 bits per heavy atom. The monoisotopic (exact) mass is 405 g/mol. The first kappa shape index (κ1) is 20.0. The molecule has 3 rings (SSSR count). The lowest BCUT2D eigenvalue weighted by molar-refractivity contribution is 0.0693. The summed E-state index contributed by atoms with van der Waals surface area (Å²) in [4.78, 5) is 24.1. The van der Waals surface area contributed by atoms with Gasteiger partial charge in [-0.1, -0.05) is 29.8 Å². The summed E-state index contributed by atoms with van der Waals surface area (Å²) in [7, 11) is 0. The highest BCUT2D eigenvalue weighted by molar-refractivity contribution is 6.30. The lowest BCUT2D eigenvalue weighted by Crippen LogP contribution is -2.24. The summed E-state index contributed by atoms with van der Waals surface area (Å²) < 4.78 is 15.5. The third-order valence-electron chi connectivity index (χ3n) is 4.57. The van der Waals surface area contributed by atoms with Gasteiger partial charge in [-0.25, -0.2) is 9.18 Å². The Bertz CT molecular complexity index is 1110. The summed E-state index contributed by atoms with van der Waals surface area (Å²) >= 11 is 5.80. The molecule has 0 aliphatic heterocycles. The Morgan fingerprint density at radius 1 is 1.18 bits per heavy atom. The van der Waals surface area contributed by atoms with Gasteiger partial charge in [0, 0.05) is 18.0 Å². The van der Waals surface area contributed by atoms with E-state index in [0.29, 0.717) is 16.6 Å². The quantitative estimate of drug-likeness (QED) is 0.585. The molecule has 0 spiro atoms. The SMILES string of the molecule is O=C(O)c1cn(C(CO)CO)c2ccc(Cc3cccc(Cl)c3F)cc2c1=O. The number of halogens is 2. The van der Waals surface area contributed by atoms with Crippen LogP contribution in [0.5, 0.6) is 0 Å². The molecule has 146 valence electrons. The first-order valence-electron chi connectivity index (χ1n) is 8.43. The van der Waals surface area contributed by atoms with Crippen molar-refractivity contribution in [2.24, 2.45) is 0 Å². The average Bonchev–Trinajstić information content (AvgIpc) is 2.68. The lowest BCUT2D eigenvalue weighted by Gasteiger charge is -2.20. The Balaban J connectivity index is 2.19. The van der Waals surface area contributed by atoms with Gasteiger partial charge < -0.3 is 19.9 Å². The molecule has 3 N–H and O–H groups in total. The summed E-state index contributed by atoms with van der Waals surface area (Å²) in [6.07, 6.45) is 1.27. The Labute approximate surface area is 164 Å². The van der Waals surface area contributed by atoms with E-state index in [0.717, 1.165) is 6.20 Å².